The third-order valence-electron chi connectivity index (χ3n) is 2.38. The predicted molar refractivity (Wildman–Crippen MR) is 62.4 cm³/mol. The molecular formula is C11H14N4O2. The van der Waals surface area contributed by atoms with Crippen LogP contribution in [0.4, 0.5) is 10.6 Å². The number of aryl methyl sites for hydroxylation is 1. The molecule has 0 atom stereocenters. The van der Waals surface area contributed by atoms with Crippen LogP contribution in [-0.4, -0.2) is 27.8 Å². The lowest BCUT2D eigenvalue weighted by Gasteiger charge is -2.16. The van der Waals surface area contributed by atoms with E-state index in [0.717, 1.165) is 5.76 Å². The summed E-state index contributed by atoms with van der Waals surface area (Å²) in [5.41, 5.74) is 0. The molecule has 0 fully saturated rings. The molecule has 6 heteroatoms. The molecule has 0 aliphatic heterocycles. The fourth-order valence-electron chi connectivity index (χ4n) is 1.41. The van der Waals surface area contributed by atoms with Crippen LogP contribution in [0.5, 0.6) is 0 Å². The zero-order valence-electron chi connectivity index (χ0n) is 9.75. The lowest BCUT2D eigenvalue weighted by atomic mass is 10.4. The first-order chi connectivity index (χ1) is 8.16. The van der Waals surface area contributed by atoms with E-state index in [0.29, 0.717) is 12.4 Å². The van der Waals surface area contributed by atoms with Crippen LogP contribution in [0, 0.1) is 0 Å². The molecule has 6 nitrogen and oxygen atoms in total. The van der Waals surface area contributed by atoms with Gasteiger partial charge in [-0.15, -0.1) is 0 Å². The zero-order valence-corrected chi connectivity index (χ0v) is 9.75. The minimum absolute atomic E-state index is 0.204. The van der Waals surface area contributed by atoms with Crippen molar-refractivity contribution in [1.82, 2.24) is 14.7 Å². The van der Waals surface area contributed by atoms with Crippen molar-refractivity contribution in [3.8, 4) is 0 Å². The Balaban J connectivity index is 1.94. The standard InChI is InChI=1S/C11H14N4O2/c1-14(8-9-4-3-7-17-9)11(16)13-10-5-6-12-15(10)2/h3-7H,8H2,1-2H3,(H,13,16). The normalized spacial score (nSPS) is 10.2. The Labute approximate surface area is 98.8 Å². The van der Waals surface area contributed by atoms with Gasteiger partial charge in [0, 0.05) is 20.2 Å². The average Bonchev–Trinajstić information content (AvgIpc) is 2.91. The topological polar surface area (TPSA) is 63.3 Å². The Hall–Kier alpha value is -2.24. The van der Waals surface area contributed by atoms with Crippen molar-refractivity contribution in [2.75, 3.05) is 12.4 Å². The lowest BCUT2D eigenvalue weighted by Crippen LogP contribution is -2.31. The third-order valence-corrected chi connectivity index (χ3v) is 2.38. The van der Waals surface area contributed by atoms with Gasteiger partial charge >= 0.3 is 6.03 Å². The monoisotopic (exact) mass is 234 g/mol. The molecule has 0 saturated carbocycles. The van der Waals surface area contributed by atoms with Gasteiger partial charge in [0.25, 0.3) is 0 Å². The minimum atomic E-state index is -0.204. The number of amides is 2. The molecular weight excluding hydrogens is 220 g/mol. The first kappa shape index (κ1) is 11.3. The van der Waals surface area contributed by atoms with E-state index in [4.69, 9.17) is 4.42 Å². The van der Waals surface area contributed by atoms with Crippen molar-refractivity contribution in [1.29, 1.82) is 0 Å². The van der Waals surface area contributed by atoms with Crippen LogP contribution >= 0.6 is 0 Å². The Kier molecular flexibility index (Phi) is 3.13. The van der Waals surface area contributed by atoms with E-state index in [9.17, 15) is 4.79 Å². The highest BCUT2D eigenvalue weighted by Crippen LogP contribution is 2.07. The summed E-state index contributed by atoms with van der Waals surface area (Å²) in [4.78, 5) is 13.4. The summed E-state index contributed by atoms with van der Waals surface area (Å²) in [6.07, 6.45) is 3.21. The van der Waals surface area contributed by atoms with Gasteiger partial charge in [0.15, 0.2) is 0 Å². The number of hydrogen-bond acceptors (Lipinski definition) is 3. The lowest BCUT2D eigenvalue weighted by molar-refractivity contribution is 0.216. The largest absolute Gasteiger partial charge is 0.467 e. The van der Waals surface area contributed by atoms with Gasteiger partial charge < -0.3 is 9.32 Å². The van der Waals surface area contributed by atoms with Crippen molar-refractivity contribution < 1.29 is 9.21 Å². The van der Waals surface area contributed by atoms with Crippen LogP contribution in [0.2, 0.25) is 0 Å². The van der Waals surface area contributed by atoms with Gasteiger partial charge in [-0.05, 0) is 12.1 Å². The van der Waals surface area contributed by atoms with Crippen LogP contribution in [0.3, 0.4) is 0 Å². The second-order valence-electron chi connectivity index (χ2n) is 3.71. The number of carbonyl (C=O) groups excluding carboxylic acids is 1. The highest BCUT2D eigenvalue weighted by Gasteiger charge is 2.11. The van der Waals surface area contributed by atoms with Gasteiger partial charge in [-0.2, -0.15) is 5.10 Å². The van der Waals surface area contributed by atoms with Crippen molar-refractivity contribution in [3.63, 3.8) is 0 Å². The number of nitrogens with one attached hydrogen (secondary N) is 1. The average molecular weight is 234 g/mol. The van der Waals surface area contributed by atoms with Gasteiger partial charge in [0.1, 0.15) is 11.6 Å². The molecule has 90 valence electrons. The fraction of sp³-hybridized carbons (Fsp3) is 0.273. The maximum absolute atomic E-state index is 11.8. The SMILES string of the molecule is CN(Cc1ccco1)C(=O)Nc1ccnn1C. The molecule has 0 unspecified atom stereocenters. The quantitative estimate of drug-likeness (QED) is 0.878. The van der Waals surface area contributed by atoms with Crippen LogP contribution in [0.15, 0.2) is 35.1 Å². The highest BCUT2D eigenvalue weighted by molar-refractivity contribution is 5.88. The molecule has 0 aliphatic carbocycles. The van der Waals surface area contributed by atoms with Gasteiger partial charge in [-0.3, -0.25) is 10.00 Å². The van der Waals surface area contributed by atoms with Crippen molar-refractivity contribution in [2.45, 2.75) is 6.54 Å². The van der Waals surface area contributed by atoms with Crippen LogP contribution in [0.25, 0.3) is 0 Å². The fourth-order valence-corrected chi connectivity index (χ4v) is 1.41. The van der Waals surface area contributed by atoms with Crippen LogP contribution in [-0.2, 0) is 13.6 Å². The van der Waals surface area contributed by atoms with Crippen LogP contribution in [0.1, 0.15) is 5.76 Å². The molecule has 0 saturated heterocycles. The summed E-state index contributed by atoms with van der Waals surface area (Å²) in [6, 6.07) is 5.15. The molecule has 2 aromatic rings. The van der Waals surface area contributed by atoms with Gasteiger partial charge in [0.05, 0.1) is 19.0 Å². The van der Waals surface area contributed by atoms with Crippen LogP contribution < -0.4 is 5.32 Å². The third kappa shape index (κ3) is 2.66. The molecule has 0 spiro atoms. The molecule has 1 N–H and O–H groups in total. The summed E-state index contributed by atoms with van der Waals surface area (Å²) < 4.78 is 6.77. The van der Waals surface area contributed by atoms with Gasteiger partial charge in [0.2, 0.25) is 0 Å². The summed E-state index contributed by atoms with van der Waals surface area (Å²) >= 11 is 0. The van der Waals surface area contributed by atoms with Gasteiger partial charge in [-0.1, -0.05) is 0 Å². The molecule has 0 bridgehead atoms. The molecule has 0 radical (unpaired) electrons. The Morgan fingerprint density at radius 2 is 2.41 bits per heavy atom. The molecule has 2 aromatic heterocycles. The van der Waals surface area contributed by atoms with Crippen molar-refractivity contribution >= 4 is 11.8 Å². The van der Waals surface area contributed by atoms with Crippen molar-refractivity contribution in [2.24, 2.45) is 7.05 Å². The Morgan fingerprint density at radius 1 is 1.59 bits per heavy atom. The first-order valence-electron chi connectivity index (χ1n) is 5.19. The number of hydrogen-bond donors (Lipinski definition) is 1. The number of aromatic nitrogens is 2. The minimum Gasteiger partial charge on any atom is -0.467 e. The molecule has 17 heavy (non-hydrogen) atoms. The molecule has 2 rings (SSSR count). The molecule has 0 aromatic carbocycles. The molecule has 2 amide bonds. The van der Waals surface area contributed by atoms with Crippen molar-refractivity contribution in [3.05, 3.63) is 36.4 Å². The van der Waals surface area contributed by atoms with E-state index in [1.165, 1.54) is 4.90 Å². The number of rotatable bonds is 3. The summed E-state index contributed by atoms with van der Waals surface area (Å²) in [5.74, 6) is 1.40. The zero-order chi connectivity index (χ0) is 12.3. The number of anilines is 1. The number of urea groups is 1. The van der Waals surface area contributed by atoms with E-state index in [2.05, 4.69) is 10.4 Å². The van der Waals surface area contributed by atoms with E-state index in [-0.39, 0.29) is 6.03 Å². The first-order valence-corrected chi connectivity index (χ1v) is 5.19. The maximum Gasteiger partial charge on any atom is 0.323 e. The second kappa shape index (κ2) is 4.73. The summed E-state index contributed by atoms with van der Waals surface area (Å²) in [6.45, 7) is 0.427. The Bertz CT molecular complexity index is 489. The summed E-state index contributed by atoms with van der Waals surface area (Å²) in [7, 11) is 3.47. The molecule has 2 heterocycles. The summed E-state index contributed by atoms with van der Waals surface area (Å²) in [5, 5.41) is 6.72. The maximum atomic E-state index is 11.8. The highest BCUT2D eigenvalue weighted by atomic mass is 16.3. The van der Waals surface area contributed by atoms with E-state index >= 15 is 0 Å². The smallest absolute Gasteiger partial charge is 0.323 e. The Morgan fingerprint density at radius 3 is 3.00 bits per heavy atom. The number of furan rings is 1. The van der Waals surface area contributed by atoms with E-state index in [1.54, 1.807) is 43.4 Å². The van der Waals surface area contributed by atoms with E-state index in [1.807, 2.05) is 6.07 Å². The molecule has 0 aliphatic rings. The number of nitrogens with zero attached hydrogens (tertiary/aromatic N) is 3. The second-order valence-corrected chi connectivity index (χ2v) is 3.71. The number of carbonyl (C=O) groups is 1. The predicted octanol–water partition coefficient (Wildman–Crippen LogP) is 1.68. The van der Waals surface area contributed by atoms with Gasteiger partial charge in [-0.25, -0.2) is 4.79 Å². The van der Waals surface area contributed by atoms with E-state index < -0.39 is 0 Å².